The molecule has 1 rings (SSSR count). The SMILES string of the molecule is CCCCC/C=C\CCCCCCCCCCC(=O)OC(=O)/C=C(C)/C=C/C=C(C)/C=C/C1=C(C)CCCC1(C)C. The molecule has 0 spiro atoms. The average molecular weight is 565 g/mol. The zero-order chi connectivity index (χ0) is 30.3. The molecule has 41 heavy (non-hydrogen) atoms. The molecule has 0 amide bonds. The molecule has 0 unspecified atom stereocenters. The Balaban J connectivity index is 2.18. The number of carbonyl (C=O) groups is 2. The molecule has 0 radical (unpaired) electrons. The number of ether oxygens (including phenoxy) is 1. The van der Waals surface area contributed by atoms with Crippen LogP contribution in [0.5, 0.6) is 0 Å². The molecule has 0 saturated heterocycles. The van der Waals surface area contributed by atoms with E-state index in [2.05, 4.69) is 58.9 Å². The Kier molecular flexibility index (Phi) is 19.8. The van der Waals surface area contributed by atoms with Crippen molar-refractivity contribution in [1.29, 1.82) is 0 Å². The molecule has 0 aromatic carbocycles. The molecule has 0 atom stereocenters. The fourth-order valence-electron chi connectivity index (χ4n) is 5.40. The fraction of sp³-hybridized carbons (Fsp3) is 0.632. The van der Waals surface area contributed by atoms with Crippen molar-refractivity contribution >= 4 is 11.9 Å². The van der Waals surface area contributed by atoms with Crippen LogP contribution in [0.3, 0.4) is 0 Å². The second kappa shape index (κ2) is 22.2. The van der Waals surface area contributed by atoms with E-state index >= 15 is 0 Å². The number of hydrogen-bond acceptors (Lipinski definition) is 3. The molecule has 0 aromatic rings. The Morgan fingerprint density at radius 1 is 0.829 bits per heavy atom. The van der Waals surface area contributed by atoms with Gasteiger partial charge in [-0.1, -0.05) is 126 Å². The summed E-state index contributed by atoms with van der Waals surface area (Å²) < 4.78 is 4.98. The quantitative estimate of drug-likeness (QED) is 0.0369. The maximum absolute atomic E-state index is 12.1. The van der Waals surface area contributed by atoms with Crippen molar-refractivity contribution in [2.24, 2.45) is 5.41 Å². The van der Waals surface area contributed by atoms with Gasteiger partial charge in [0.05, 0.1) is 0 Å². The highest BCUT2D eigenvalue weighted by molar-refractivity contribution is 5.92. The first kappa shape index (κ1) is 36.6. The van der Waals surface area contributed by atoms with Crippen LogP contribution in [0.2, 0.25) is 0 Å². The largest absolute Gasteiger partial charge is 0.390 e. The molecule has 0 N–H and O–H groups in total. The first-order valence-electron chi connectivity index (χ1n) is 16.5. The second-order valence-corrected chi connectivity index (χ2v) is 12.6. The molecule has 3 heteroatoms. The number of rotatable bonds is 20. The Labute approximate surface area is 253 Å². The lowest BCUT2D eigenvalue weighted by molar-refractivity contribution is -0.156. The lowest BCUT2D eigenvalue weighted by Gasteiger charge is -2.32. The van der Waals surface area contributed by atoms with Crippen LogP contribution >= 0.6 is 0 Å². The van der Waals surface area contributed by atoms with Crippen molar-refractivity contribution in [2.45, 2.75) is 151 Å². The third-order valence-corrected chi connectivity index (χ3v) is 7.98. The number of hydrogen-bond donors (Lipinski definition) is 0. The Bertz CT molecular complexity index is 952. The van der Waals surface area contributed by atoms with E-state index in [1.807, 2.05) is 25.2 Å². The van der Waals surface area contributed by atoms with Crippen molar-refractivity contribution in [3.63, 3.8) is 0 Å². The summed E-state index contributed by atoms with van der Waals surface area (Å²) in [5.41, 5.74) is 5.08. The fourth-order valence-corrected chi connectivity index (χ4v) is 5.40. The lowest BCUT2D eigenvalue weighted by Crippen LogP contribution is -2.19. The van der Waals surface area contributed by atoms with E-state index in [9.17, 15) is 9.59 Å². The molecule has 1 aliphatic carbocycles. The minimum atomic E-state index is -0.588. The zero-order valence-electron chi connectivity index (χ0n) is 27.4. The highest BCUT2D eigenvalue weighted by Gasteiger charge is 2.26. The van der Waals surface area contributed by atoms with E-state index in [4.69, 9.17) is 4.74 Å². The van der Waals surface area contributed by atoms with E-state index in [1.165, 1.54) is 101 Å². The Hall–Kier alpha value is -2.42. The third-order valence-electron chi connectivity index (χ3n) is 7.98. The van der Waals surface area contributed by atoms with Gasteiger partial charge in [-0.05, 0) is 88.7 Å². The molecule has 0 heterocycles. The molecule has 0 aliphatic heterocycles. The van der Waals surface area contributed by atoms with Gasteiger partial charge in [0.25, 0.3) is 0 Å². The average Bonchev–Trinajstić information content (AvgIpc) is 2.90. The van der Waals surface area contributed by atoms with Gasteiger partial charge >= 0.3 is 11.9 Å². The Morgan fingerprint density at radius 2 is 1.44 bits per heavy atom. The van der Waals surface area contributed by atoms with E-state index < -0.39 is 11.9 Å². The molecule has 0 saturated carbocycles. The van der Waals surface area contributed by atoms with Crippen LogP contribution in [-0.4, -0.2) is 11.9 Å². The van der Waals surface area contributed by atoms with Crippen LogP contribution in [0.4, 0.5) is 0 Å². The molecule has 0 aromatic heterocycles. The molecule has 3 nitrogen and oxygen atoms in total. The van der Waals surface area contributed by atoms with Crippen molar-refractivity contribution in [3.8, 4) is 0 Å². The van der Waals surface area contributed by atoms with Crippen LogP contribution in [0.15, 0.2) is 70.9 Å². The van der Waals surface area contributed by atoms with Gasteiger partial charge in [-0.2, -0.15) is 0 Å². The summed E-state index contributed by atoms with van der Waals surface area (Å²) >= 11 is 0. The van der Waals surface area contributed by atoms with Crippen molar-refractivity contribution in [3.05, 3.63) is 70.9 Å². The van der Waals surface area contributed by atoms with Gasteiger partial charge in [0.15, 0.2) is 0 Å². The van der Waals surface area contributed by atoms with E-state index in [-0.39, 0.29) is 5.41 Å². The van der Waals surface area contributed by atoms with Crippen LogP contribution < -0.4 is 0 Å². The van der Waals surface area contributed by atoms with E-state index in [0.29, 0.717) is 6.42 Å². The first-order chi connectivity index (χ1) is 19.7. The van der Waals surface area contributed by atoms with E-state index in [0.717, 1.165) is 30.4 Å². The van der Waals surface area contributed by atoms with Crippen molar-refractivity contribution in [1.82, 2.24) is 0 Å². The Morgan fingerprint density at radius 3 is 2.07 bits per heavy atom. The molecule has 0 bridgehead atoms. The number of esters is 2. The topological polar surface area (TPSA) is 43.4 Å². The maximum Gasteiger partial charge on any atom is 0.338 e. The van der Waals surface area contributed by atoms with Gasteiger partial charge in [-0.3, -0.25) is 4.79 Å². The van der Waals surface area contributed by atoms with E-state index in [1.54, 1.807) is 0 Å². The third kappa shape index (κ3) is 18.6. The summed E-state index contributed by atoms with van der Waals surface area (Å²) in [6.07, 6.45) is 36.0. The normalized spacial score (nSPS) is 16.4. The van der Waals surface area contributed by atoms with Crippen LogP contribution in [-0.2, 0) is 14.3 Å². The molecule has 230 valence electrons. The summed E-state index contributed by atoms with van der Waals surface area (Å²) in [6.45, 7) is 13.1. The zero-order valence-corrected chi connectivity index (χ0v) is 27.4. The highest BCUT2D eigenvalue weighted by Crippen LogP contribution is 2.40. The smallest absolute Gasteiger partial charge is 0.338 e. The molecule has 0 fully saturated rings. The number of carbonyl (C=O) groups excluding carboxylic acids is 2. The molecular weight excluding hydrogens is 504 g/mol. The van der Waals surface area contributed by atoms with Gasteiger partial charge < -0.3 is 4.74 Å². The summed E-state index contributed by atoms with van der Waals surface area (Å²) in [6, 6.07) is 0. The van der Waals surface area contributed by atoms with Gasteiger partial charge in [0.2, 0.25) is 0 Å². The van der Waals surface area contributed by atoms with Crippen LogP contribution in [0.1, 0.15) is 151 Å². The predicted molar refractivity (Wildman–Crippen MR) is 177 cm³/mol. The van der Waals surface area contributed by atoms with Crippen molar-refractivity contribution < 1.29 is 14.3 Å². The highest BCUT2D eigenvalue weighted by atomic mass is 16.6. The number of allylic oxidation sites excluding steroid dienone is 11. The van der Waals surface area contributed by atoms with Crippen molar-refractivity contribution in [2.75, 3.05) is 0 Å². The van der Waals surface area contributed by atoms with Crippen LogP contribution in [0, 0.1) is 5.41 Å². The first-order valence-corrected chi connectivity index (χ1v) is 16.5. The summed E-state index contributed by atoms with van der Waals surface area (Å²) in [5, 5.41) is 0. The minimum absolute atomic E-state index is 0.233. The van der Waals surface area contributed by atoms with Gasteiger partial charge in [0.1, 0.15) is 0 Å². The summed E-state index contributed by atoms with van der Waals surface area (Å²) in [7, 11) is 0. The van der Waals surface area contributed by atoms with Gasteiger partial charge in [-0.15, -0.1) is 0 Å². The monoisotopic (exact) mass is 564 g/mol. The lowest BCUT2D eigenvalue weighted by atomic mass is 9.72. The summed E-state index contributed by atoms with van der Waals surface area (Å²) in [4.78, 5) is 24.1. The van der Waals surface area contributed by atoms with Gasteiger partial charge in [-0.25, -0.2) is 4.79 Å². The molecular formula is C38H60O3. The number of unbranched alkanes of at least 4 members (excludes halogenated alkanes) is 11. The minimum Gasteiger partial charge on any atom is -0.390 e. The van der Waals surface area contributed by atoms with Gasteiger partial charge in [0, 0.05) is 12.5 Å². The predicted octanol–water partition coefficient (Wildman–Crippen LogP) is 11.6. The second-order valence-electron chi connectivity index (χ2n) is 12.6. The standard InChI is InChI=1S/C38H60O3/c1-7-8-9-10-11-12-13-14-15-16-17-18-19-20-21-27-36(39)41-37(40)31-33(3)25-22-24-32(2)28-29-35-34(4)26-23-30-38(35,5)6/h11-12,22,24-25,28-29,31H,7-10,13-21,23,26-27,30H2,1-6H3/b12-11-,25-22+,29-28+,32-24+,33-31+. The maximum atomic E-state index is 12.1. The molecule has 1 aliphatic rings. The van der Waals surface area contributed by atoms with Crippen LogP contribution in [0.25, 0.3) is 0 Å². The summed E-state index contributed by atoms with van der Waals surface area (Å²) in [5.74, 6) is -1.02.